The molecule has 1 aromatic rings. The molecular formula is C11H16ClNO. The summed E-state index contributed by atoms with van der Waals surface area (Å²) in [6, 6.07) is 1.93. The van der Waals surface area contributed by atoms with Gasteiger partial charge in [-0.05, 0) is 12.8 Å². The molecule has 0 saturated heterocycles. The highest BCUT2D eigenvalue weighted by atomic mass is 35.5. The van der Waals surface area contributed by atoms with Crippen LogP contribution in [0.4, 0.5) is 0 Å². The molecule has 0 aromatic carbocycles. The quantitative estimate of drug-likeness (QED) is 0.717. The van der Waals surface area contributed by atoms with Gasteiger partial charge in [-0.25, -0.2) is 0 Å². The lowest BCUT2D eigenvalue weighted by Crippen LogP contribution is -2.06. The van der Waals surface area contributed by atoms with Crippen molar-refractivity contribution >= 4 is 11.6 Å². The van der Waals surface area contributed by atoms with Crippen molar-refractivity contribution in [3.8, 4) is 5.75 Å². The molecule has 1 heterocycles. The van der Waals surface area contributed by atoms with Gasteiger partial charge in [-0.1, -0.05) is 13.8 Å². The number of ether oxygens (including phenoxy) is 1. The average Bonchev–Trinajstić information content (AvgIpc) is 2.15. The molecule has 0 N–H and O–H groups in total. The van der Waals surface area contributed by atoms with Gasteiger partial charge in [0.05, 0.1) is 12.5 Å². The van der Waals surface area contributed by atoms with Gasteiger partial charge in [0.1, 0.15) is 5.75 Å². The van der Waals surface area contributed by atoms with Gasteiger partial charge in [0.25, 0.3) is 0 Å². The van der Waals surface area contributed by atoms with Crippen LogP contribution in [0.15, 0.2) is 12.3 Å². The van der Waals surface area contributed by atoms with Crippen LogP contribution in [0, 0.1) is 12.8 Å². The minimum Gasteiger partial charge on any atom is -0.493 e. The molecule has 0 aliphatic rings. The molecule has 0 saturated carbocycles. The predicted octanol–water partition coefficient (Wildman–Crippen LogP) is 3.16. The monoisotopic (exact) mass is 213 g/mol. The number of alkyl halides is 1. The van der Waals surface area contributed by atoms with Crippen molar-refractivity contribution in [1.82, 2.24) is 4.98 Å². The van der Waals surface area contributed by atoms with E-state index in [4.69, 9.17) is 16.3 Å². The van der Waals surface area contributed by atoms with Gasteiger partial charge < -0.3 is 4.74 Å². The summed E-state index contributed by atoms with van der Waals surface area (Å²) >= 11 is 5.78. The van der Waals surface area contributed by atoms with Crippen LogP contribution in [0.25, 0.3) is 0 Å². The molecule has 0 radical (unpaired) electrons. The Hall–Kier alpha value is -0.760. The number of nitrogens with zero attached hydrogens (tertiary/aromatic N) is 1. The zero-order valence-corrected chi connectivity index (χ0v) is 9.64. The molecule has 3 heteroatoms. The highest BCUT2D eigenvalue weighted by Crippen LogP contribution is 2.20. The van der Waals surface area contributed by atoms with Crippen molar-refractivity contribution in [3.05, 3.63) is 23.5 Å². The molecule has 2 nitrogen and oxygen atoms in total. The number of hydrogen-bond donors (Lipinski definition) is 0. The highest BCUT2D eigenvalue weighted by molar-refractivity contribution is 6.17. The van der Waals surface area contributed by atoms with E-state index >= 15 is 0 Å². The molecule has 0 bridgehead atoms. The lowest BCUT2D eigenvalue weighted by molar-refractivity contribution is 0.268. The van der Waals surface area contributed by atoms with Crippen molar-refractivity contribution in [1.29, 1.82) is 0 Å². The van der Waals surface area contributed by atoms with E-state index in [0.29, 0.717) is 18.4 Å². The van der Waals surface area contributed by atoms with Gasteiger partial charge >= 0.3 is 0 Å². The third-order valence-corrected chi connectivity index (χ3v) is 2.08. The molecule has 0 unspecified atom stereocenters. The number of halogens is 1. The first-order chi connectivity index (χ1) is 6.63. The van der Waals surface area contributed by atoms with Gasteiger partial charge in [0.2, 0.25) is 0 Å². The average molecular weight is 214 g/mol. The molecule has 0 aliphatic heterocycles. The second-order valence-corrected chi connectivity index (χ2v) is 4.04. The maximum atomic E-state index is 5.78. The summed E-state index contributed by atoms with van der Waals surface area (Å²) in [6.07, 6.45) is 1.78. The Morgan fingerprint density at radius 2 is 2.21 bits per heavy atom. The van der Waals surface area contributed by atoms with Crippen LogP contribution in [-0.4, -0.2) is 11.6 Å². The molecule has 0 fully saturated rings. The zero-order valence-electron chi connectivity index (χ0n) is 8.88. The molecule has 78 valence electrons. The van der Waals surface area contributed by atoms with Gasteiger partial charge in [-0.2, -0.15) is 0 Å². The van der Waals surface area contributed by atoms with E-state index in [1.54, 1.807) is 6.20 Å². The normalized spacial score (nSPS) is 10.6. The van der Waals surface area contributed by atoms with Crippen molar-refractivity contribution in [3.63, 3.8) is 0 Å². The number of pyridine rings is 1. The van der Waals surface area contributed by atoms with E-state index in [-0.39, 0.29) is 0 Å². The smallest absolute Gasteiger partial charge is 0.127 e. The molecule has 0 aliphatic carbocycles. The summed E-state index contributed by atoms with van der Waals surface area (Å²) in [5.41, 5.74) is 1.91. The summed E-state index contributed by atoms with van der Waals surface area (Å²) in [5.74, 6) is 1.83. The van der Waals surface area contributed by atoms with Crippen LogP contribution in [0.1, 0.15) is 25.1 Å². The number of rotatable bonds is 4. The van der Waals surface area contributed by atoms with E-state index in [1.165, 1.54) is 0 Å². The Balaban J connectivity index is 2.77. The number of aromatic nitrogens is 1. The second kappa shape index (κ2) is 5.20. The first kappa shape index (κ1) is 11.3. The van der Waals surface area contributed by atoms with E-state index < -0.39 is 0 Å². The lowest BCUT2D eigenvalue weighted by Gasteiger charge is -2.11. The minimum atomic E-state index is 0.445. The molecule has 0 spiro atoms. The summed E-state index contributed by atoms with van der Waals surface area (Å²) < 4.78 is 5.65. The van der Waals surface area contributed by atoms with Gasteiger partial charge in [-0.3, -0.25) is 4.98 Å². The SMILES string of the molecule is Cc1cc(OCC(C)C)c(CCl)cn1. The number of aryl methyl sites for hydroxylation is 1. The minimum absolute atomic E-state index is 0.445. The van der Waals surface area contributed by atoms with E-state index in [1.807, 2.05) is 13.0 Å². The largest absolute Gasteiger partial charge is 0.493 e. The summed E-state index contributed by atoms with van der Waals surface area (Å²) in [6.45, 7) is 6.90. The Labute approximate surface area is 90.3 Å². The Bertz CT molecular complexity index is 299. The van der Waals surface area contributed by atoms with Crippen molar-refractivity contribution < 1.29 is 4.74 Å². The Kier molecular flexibility index (Phi) is 4.21. The molecule has 0 atom stereocenters. The standard InChI is InChI=1S/C11H16ClNO/c1-8(2)7-14-11-4-9(3)13-6-10(11)5-12/h4,6,8H,5,7H2,1-3H3. The van der Waals surface area contributed by atoms with Crippen LogP contribution in [0.5, 0.6) is 5.75 Å². The summed E-state index contributed by atoms with van der Waals surface area (Å²) in [5, 5.41) is 0. The zero-order chi connectivity index (χ0) is 10.6. The fourth-order valence-corrected chi connectivity index (χ4v) is 1.25. The summed E-state index contributed by atoms with van der Waals surface area (Å²) in [7, 11) is 0. The Morgan fingerprint density at radius 3 is 2.79 bits per heavy atom. The molecule has 14 heavy (non-hydrogen) atoms. The van der Waals surface area contributed by atoms with E-state index in [0.717, 1.165) is 17.0 Å². The summed E-state index contributed by atoms with van der Waals surface area (Å²) in [4.78, 5) is 4.17. The topological polar surface area (TPSA) is 22.1 Å². The fraction of sp³-hybridized carbons (Fsp3) is 0.545. The van der Waals surface area contributed by atoms with Crippen molar-refractivity contribution in [2.24, 2.45) is 5.92 Å². The maximum absolute atomic E-state index is 5.78. The van der Waals surface area contributed by atoms with Crippen molar-refractivity contribution in [2.45, 2.75) is 26.7 Å². The third kappa shape index (κ3) is 3.18. The molecular weight excluding hydrogens is 198 g/mol. The van der Waals surface area contributed by atoms with Crippen LogP contribution < -0.4 is 4.74 Å². The highest BCUT2D eigenvalue weighted by Gasteiger charge is 2.04. The van der Waals surface area contributed by atoms with Crippen LogP contribution in [-0.2, 0) is 5.88 Å². The molecule has 1 aromatic heterocycles. The van der Waals surface area contributed by atoms with Crippen LogP contribution in [0.2, 0.25) is 0 Å². The van der Waals surface area contributed by atoms with Crippen molar-refractivity contribution in [2.75, 3.05) is 6.61 Å². The first-order valence-corrected chi connectivity index (χ1v) is 5.31. The predicted molar refractivity (Wildman–Crippen MR) is 58.9 cm³/mol. The molecule has 1 rings (SSSR count). The van der Waals surface area contributed by atoms with Crippen LogP contribution in [0.3, 0.4) is 0 Å². The van der Waals surface area contributed by atoms with E-state index in [9.17, 15) is 0 Å². The lowest BCUT2D eigenvalue weighted by atomic mass is 10.2. The maximum Gasteiger partial charge on any atom is 0.127 e. The number of hydrogen-bond acceptors (Lipinski definition) is 2. The van der Waals surface area contributed by atoms with E-state index in [2.05, 4.69) is 18.8 Å². The van der Waals surface area contributed by atoms with Gasteiger partial charge in [-0.15, -0.1) is 11.6 Å². The molecule has 0 amide bonds. The first-order valence-electron chi connectivity index (χ1n) is 4.77. The Morgan fingerprint density at radius 1 is 1.50 bits per heavy atom. The third-order valence-electron chi connectivity index (χ3n) is 1.80. The van der Waals surface area contributed by atoms with Gasteiger partial charge in [0, 0.05) is 23.5 Å². The fourth-order valence-electron chi connectivity index (χ4n) is 1.05. The van der Waals surface area contributed by atoms with Gasteiger partial charge in [0.15, 0.2) is 0 Å². The second-order valence-electron chi connectivity index (χ2n) is 3.77. The van der Waals surface area contributed by atoms with Crippen LogP contribution >= 0.6 is 11.6 Å².